The standard InChI is InChI=1S/C13H23N3OS/c1-8(17)13(6,7)9(2)18-11-14-10(15-16-11)12(3,4)5/h9H,1-7H3,(H,14,15,16). The first kappa shape index (κ1) is 15.2. The van der Waals surface area contributed by atoms with E-state index in [9.17, 15) is 4.79 Å². The molecule has 0 spiro atoms. The van der Waals surface area contributed by atoms with E-state index < -0.39 is 0 Å². The number of ketones is 1. The maximum absolute atomic E-state index is 11.6. The maximum atomic E-state index is 11.6. The van der Waals surface area contributed by atoms with Crippen LogP contribution in [0.5, 0.6) is 0 Å². The predicted molar refractivity (Wildman–Crippen MR) is 74.9 cm³/mol. The van der Waals surface area contributed by atoms with Crippen molar-refractivity contribution >= 4 is 17.5 Å². The van der Waals surface area contributed by atoms with Gasteiger partial charge in [0, 0.05) is 16.1 Å². The van der Waals surface area contributed by atoms with Gasteiger partial charge in [0.05, 0.1) is 0 Å². The van der Waals surface area contributed by atoms with Crippen molar-refractivity contribution in [3.05, 3.63) is 5.82 Å². The first-order valence-corrected chi connectivity index (χ1v) is 7.03. The Morgan fingerprint density at radius 2 is 1.83 bits per heavy atom. The molecule has 0 radical (unpaired) electrons. The molecular formula is C13H23N3OS. The van der Waals surface area contributed by atoms with Gasteiger partial charge >= 0.3 is 0 Å². The van der Waals surface area contributed by atoms with E-state index in [2.05, 4.69) is 36.0 Å². The molecule has 1 aromatic rings. The molecule has 0 fully saturated rings. The van der Waals surface area contributed by atoms with Gasteiger partial charge in [0.15, 0.2) is 0 Å². The zero-order chi connectivity index (χ0) is 14.1. The van der Waals surface area contributed by atoms with Crippen molar-refractivity contribution in [3.8, 4) is 0 Å². The van der Waals surface area contributed by atoms with Gasteiger partial charge in [-0.1, -0.05) is 53.3 Å². The summed E-state index contributed by atoms with van der Waals surface area (Å²) >= 11 is 1.54. The number of hydrogen-bond donors (Lipinski definition) is 1. The maximum Gasteiger partial charge on any atom is 0.208 e. The van der Waals surface area contributed by atoms with E-state index in [0.717, 1.165) is 5.82 Å². The van der Waals surface area contributed by atoms with E-state index in [1.54, 1.807) is 18.7 Å². The summed E-state index contributed by atoms with van der Waals surface area (Å²) in [6.45, 7) is 13.9. The van der Waals surface area contributed by atoms with Crippen LogP contribution in [0.15, 0.2) is 5.16 Å². The number of hydrogen-bond acceptors (Lipinski definition) is 4. The number of carbonyl (C=O) groups is 1. The summed E-state index contributed by atoms with van der Waals surface area (Å²) in [6, 6.07) is 0. The van der Waals surface area contributed by atoms with Gasteiger partial charge in [-0.2, -0.15) is 0 Å². The Morgan fingerprint density at radius 1 is 1.28 bits per heavy atom. The molecule has 0 amide bonds. The van der Waals surface area contributed by atoms with Crippen LogP contribution in [-0.4, -0.2) is 26.2 Å². The largest absolute Gasteiger partial charge is 0.299 e. The van der Waals surface area contributed by atoms with Crippen LogP contribution < -0.4 is 0 Å². The zero-order valence-electron chi connectivity index (χ0n) is 12.3. The fraction of sp³-hybridized carbons (Fsp3) is 0.769. The smallest absolute Gasteiger partial charge is 0.208 e. The topological polar surface area (TPSA) is 58.6 Å². The fourth-order valence-corrected chi connectivity index (χ4v) is 2.25. The molecule has 0 saturated heterocycles. The van der Waals surface area contributed by atoms with E-state index >= 15 is 0 Å². The molecule has 0 aromatic carbocycles. The molecule has 102 valence electrons. The third-order valence-electron chi connectivity index (χ3n) is 3.38. The molecule has 18 heavy (non-hydrogen) atoms. The lowest BCUT2D eigenvalue weighted by Gasteiger charge is -2.27. The summed E-state index contributed by atoms with van der Waals surface area (Å²) in [5.41, 5.74) is -0.404. The van der Waals surface area contributed by atoms with Gasteiger partial charge in [-0.05, 0) is 6.92 Å². The van der Waals surface area contributed by atoms with Gasteiger partial charge in [-0.3, -0.25) is 9.89 Å². The van der Waals surface area contributed by atoms with Crippen molar-refractivity contribution < 1.29 is 4.79 Å². The van der Waals surface area contributed by atoms with Crippen molar-refractivity contribution in [2.24, 2.45) is 5.41 Å². The van der Waals surface area contributed by atoms with Crippen LogP contribution in [0.3, 0.4) is 0 Å². The van der Waals surface area contributed by atoms with Crippen LogP contribution in [0.2, 0.25) is 0 Å². The minimum absolute atomic E-state index is 0.0366. The first-order chi connectivity index (χ1) is 8.05. The number of nitrogens with one attached hydrogen (secondary N) is 1. The van der Waals surface area contributed by atoms with E-state index in [1.165, 1.54) is 0 Å². The van der Waals surface area contributed by atoms with E-state index in [1.807, 2.05) is 20.8 Å². The molecule has 1 aromatic heterocycles. The van der Waals surface area contributed by atoms with Crippen molar-refractivity contribution in [2.45, 2.75) is 64.3 Å². The first-order valence-electron chi connectivity index (χ1n) is 6.15. The highest BCUT2D eigenvalue weighted by atomic mass is 32.2. The van der Waals surface area contributed by atoms with Gasteiger partial charge < -0.3 is 0 Å². The Balaban J connectivity index is 2.80. The fourth-order valence-electron chi connectivity index (χ4n) is 1.23. The molecule has 4 nitrogen and oxygen atoms in total. The summed E-state index contributed by atoms with van der Waals surface area (Å²) in [6.07, 6.45) is 0. The van der Waals surface area contributed by atoms with Gasteiger partial charge in [0.25, 0.3) is 0 Å². The molecule has 0 saturated carbocycles. The molecular weight excluding hydrogens is 246 g/mol. The third kappa shape index (κ3) is 3.34. The average Bonchev–Trinajstić information content (AvgIpc) is 2.65. The van der Waals surface area contributed by atoms with Gasteiger partial charge in [-0.25, -0.2) is 4.98 Å². The molecule has 0 aliphatic rings. The Morgan fingerprint density at radius 3 is 2.22 bits per heavy atom. The number of nitrogens with zero attached hydrogens (tertiary/aromatic N) is 2. The van der Waals surface area contributed by atoms with Crippen LogP contribution in [0.1, 0.15) is 54.3 Å². The Bertz CT molecular complexity index is 432. The second-order valence-electron chi connectivity index (χ2n) is 6.25. The lowest BCUT2D eigenvalue weighted by molar-refractivity contribution is -0.124. The van der Waals surface area contributed by atoms with E-state index in [-0.39, 0.29) is 21.9 Å². The number of aromatic amines is 1. The highest BCUT2D eigenvalue weighted by Crippen LogP contribution is 2.35. The number of rotatable bonds is 4. The number of H-pyrrole nitrogens is 1. The van der Waals surface area contributed by atoms with Gasteiger partial charge in [-0.15, -0.1) is 5.10 Å². The van der Waals surface area contributed by atoms with Crippen LogP contribution in [0.4, 0.5) is 0 Å². The molecule has 5 heteroatoms. The van der Waals surface area contributed by atoms with E-state index in [4.69, 9.17) is 0 Å². The second kappa shape index (κ2) is 5.03. The second-order valence-corrected chi connectivity index (χ2v) is 7.56. The number of Topliss-reactive ketones (excluding diaryl/α,β-unsaturated/α-hetero) is 1. The number of aromatic nitrogens is 3. The molecule has 1 rings (SSSR count). The van der Waals surface area contributed by atoms with Gasteiger partial charge in [0.2, 0.25) is 5.16 Å². The third-order valence-corrected chi connectivity index (χ3v) is 4.72. The van der Waals surface area contributed by atoms with Crippen molar-refractivity contribution in [1.29, 1.82) is 0 Å². The zero-order valence-corrected chi connectivity index (χ0v) is 13.1. The molecule has 0 aliphatic heterocycles. The minimum atomic E-state index is -0.368. The highest BCUT2D eigenvalue weighted by Gasteiger charge is 2.32. The minimum Gasteiger partial charge on any atom is -0.299 e. The highest BCUT2D eigenvalue weighted by molar-refractivity contribution is 7.99. The molecule has 1 heterocycles. The normalized spacial score (nSPS) is 14.6. The van der Waals surface area contributed by atoms with Crippen LogP contribution in [0, 0.1) is 5.41 Å². The Labute approximate surface area is 113 Å². The number of thioether (sulfide) groups is 1. The van der Waals surface area contributed by atoms with Gasteiger partial charge in [0.1, 0.15) is 11.6 Å². The SMILES string of the molecule is CC(=O)C(C)(C)C(C)Sc1n[nH]c(C(C)(C)C)n1. The molecule has 1 unspecified atom stereocenters. The predicted octanol–water partition coefficient (Wildman–Crippen LogP) is 3.20. The summed E-state index contributed by atoms with van der Waals surface area (Å²) in [4.78, 5) is 16.1. The Hall–Kier alpha value is -0.840. The molecule has 1 N–H and O–H groups in total. The van der Waals surface area contributed by atoms with Crippen LogP contribution in [-0.2, 0) is 10.2 Å². The summed E-state index contributed by atoms with van der Waals surface area (Å²) < 4.78 is 0. The van der Waals surface area contributed by atoms with Crippen molar-refractivity contribution in [3.63, 3.8) is 0 Å². The lowest BCUT2D eigenvalue weighted by atomic mass is 9.86. The molecule has 1 atom stereocenters. The lowest BCUT2D eigenvalue weighted by Crippen LogP contribution is -2.31. The Kier molecular flexibility index (Phi) is 4.26. The van der Waals surface area contributed by atoms with Crippen LogP contribution in [0.25, 0.3) is 0 Å². The number of carbonyl (C=O) groups excluding carboxylic acids is 1. The van der Waals surface area contributed by atoms with Crippen molar-refractivity contribution in [1.82, 2.24) is 15.2 Å². The quantitative estimate of drug-likeness (QED) is 0.853. The summed E-state index contributed by atoms with van der Waals surface area (Å²) in [5, 5.41) is 8.02. The van der Waals surface area contributed by atoms with E-state index in [0.29, 0.717) is 5.16 Å². The molecule has 0 aliphatic carbocycles. The van der Waals surface area contributed by atoms with Crippen LogP contribution >= 0.6 is 11.8 Å². The summed E-state index contributed by atoms with van der Waals surface area (Å²) in [7, 11) is 0. The average molecular weight is 269 g/mol. The molecule has 0 bridgehead atoms. The summed E-state index contributed by atoms with van der Waals surface area (Å²) in [5.74, 6) is 1.06. The van der Waals surface area contributed by atoms with Crippen molar-refractivity contribution in [2.75, 3.05) is 0 Å². The monoisotopic (exact) mass is 269 g/mol.